The van der Waals surface area contributed by atoms with Crippen LogP contribution in [0.15, 0.2) is 29.3 Å². The second kappa shape index (κ2) is 12.5. The standard InChI is InChI=1S/C20H34N4O2/c1-3-5-13-26-19-8-6-7-18(16-19)17-23-20(21-4-2)22-9-10-24-11-14-25-15-12-24/h6-8,16H,3-5,9-15,17H2,1-2H3,(H2,21,22,23). The summed E-state index contributed by atoms with van der Waals surface area (Å²) in [5.74, 6) is 1.79. The normalized spacial score (nSPS) is 15.7. The average molecular weight is 363 g/mol. The molecule has 1 saturated heterocycles. The molecule has 1 heterocycles. The number of hydrogen-bond donors (Lipinski definition) is 2. The van der Waals surface area contributed by atoms with Crippen molar-refractivity contribution in [2.24, 2.45) is 4.99 Å². The van der Waals surface area contributed by atoms with Crippen molar-refractivity contribution in [1.82, 2.24) is 15.5 Å². The molecule has 0 spiro atoms. The molecule has 6 heteroatoms. The van der Waals surface area contributed by atoms with Crippen LogP contribution in [0.2, 0.25) is 0 Å². The second-order valence-electron chi connectivity index (χ2n) is 6.43. The molecule has 1 fully saturated rings. The molecule has 0 saturated carbocycles. The highest BCUT2D eigenvalue weighted by molar-refractivity contribution is 5.79. The minimum Gasteiger partial charge on any atom is -0.494 e. The molecule has 26 heavy (non-hydrogen) atoms. The Morgan fingerprint density at radius 1 is 1.23 bits per heavy atom. The van der Waals surface area contributed by atoms with Crippen molar-refractivity contribution in [3.63, 3.8) is 0 Å². The van der Waals surface area contributed by atoms with Gasteiger partial charge in [-0.2, -0.15) is 0 Å². The van der Waals surface area contributed by atoms with Crippen molar-refractivity contribution >= 4 is 5.96 Å². The Kier molecular flexibility index (Phi) is 9.90. The number of unbranched alkanes of at least 4 members (excludes halogenated alkanes) is 1. The summed E-state index contributed by atoms with van der Waals surface area (Å²) in [6.45, 7) is 12.1. The van der Waals surface area contributed by atoms with Gasteiger partial charge in [0.05, 0.1) is 26.4 Å². The summed E-state index contributed by atoms with van der Waals surface area (Å²) in [7, 11) is 0. The van der Waals surface area contributed by atoms with Crippen LogP contribution in [0, 0.1) is 0 Å². The number of nitrogens with one attached hydrogen (secondary N) is 2. The van der Waals surface area contributed by atoms with Crippen LogP contribution in [0.3, 0.4) is 0 Å². The smallest absolute Gasteiger partial charge is 0.191 e. The molecule has 0 amide bonds. The van der Waals surface area contributed by atoms with Crippen molar-refractivity contribution < 1.29 is 9.47 Å². The van der Waals surface area contributed by atoms with Crippen LogP contribution in [-0.2, 0) is 11.3 Å². The number of nitrogens with zero attached hydrogens (tertiary/aromatic N) is 2. The van der Waals surface area contributed by atoms with E-state index in [1.54, 1.807) is 0 Å². The fraction of sp³-hybridized carbons (Fsp3) is 0.650. The van der Waals surface area contributed by atoms with Gasteiger partial charge in [0.2, 0.25) is 0 Å². The van der Waals surface area contributed by atoms with Crippen molar-refractivity contribution in [3.8, 4) is 5.75 Å². The van der Waals surface area contributed by atoms with E-state index >= 15 is 0 Å². The number of hydrogen-bond acceptors (Lipinski definition) is 4. The number of ether oxygens (including phenoxy) is 2. The molecule has 1 aliphatic heterocycles. The number of rotatable bonds is 10. The van der Waals surface area contributed by atoms with E-state index in [0.717, 1.165) is 82.7 Å². The molecule has 6 nitrogen and oxygen atoms in total. The molecule has 1 aliphatic rings. The minimum atomic E-state index is 0.637. The summed E-state index contributed by atoms with van der Waals surface area (Å²) in [5.41, 5.74) is 1.16. The van der Waals surface area contributed by atoms with Crippen LogP contribution in [0.5, 0.6) is 5.75 Å². The first-order chi connectivity index (χ1) is 12.8. The maximum atomic E-state index is 5.78. The van der Waals surface area contributed by atoms with Crippen molar-refractivity contribution in [2.45, 2.75) is 33.2 Å². The van der Waals surface area contributed by atoms with Gasteiger partial charge in [-0.25, -0.2) is 4.99 Å². The monoisotopic (exact) mass is 362 g/mol. The van der Waals surface area contributed by atoms with E-state index in [4.69, 9.17) is 14.5 Å². The Hall–Kier alpha value is -1.79. The van der Waals surface area contributed by atoms with E-state index < -0.39 is 0 Å². The summed E-state index contributed by atoms with van der Waals surface area (Å²) in [6.07, 6.45) is 2.23. The molecular weight excluding hydrogens is 328 g/mol. The third-order valence-electron chi connectivity index (χ3n) is 4.25. The topological polar surface area (TPSA) is 58.1 Å². The van der Waals surface area contributed by atoms with Crippen LogP contribution in [-0.4, -0.2) is 63.4 Å². The van der Waals surface area contributed by atoms with Crippen LogP contribution in [0.25, 0.3) is 0 Å². The summed E-state index contributed by atoms with van der Waals surface area (Å²) in [4.78, 5) is 7.11. The molecule has 0 aliphatic carbocycles. The molecule has 0 unspecified atom stereocenters. The van der Waals surface area contributed by atoms with Crippen LogP contribution >= 0.6 is 0 Å². The fourth-order valence-electron chi connectivity index (χ4n) is 2.74. The maximum Gasteiger partial charge on any atom is 0.191 e. The van der Waals surface area contributed by atoms with E-state index in [0.29, 0.717) is 6.54 Å². The summed E-state index contributed by atoms with van der Waals surface area (Å²) in [6, 6.07) is 8.21. The summed E-state index contributed by atoms with van der Waals surface area (Å²) >= 11 is 0. The van der Waals surface area contributed by atoms with Crippen molar-refractivity contribution in [1.29, 1.82) is 0 Å². The lowest BCUT2D eigenvalue weighted by molar-refractivity contribution is 0.0389. The van der Waals surface area contributed by atoms with Gasteiger partial charge in [0.25, 0.3) is 0 Å². The molecule has 1 aromatic rings. The molecule has 0 atom stereocenters. The van der Waals surface area contributed by atoms with Crippen LogP contribution in [0.1, 0.15) is 32.3 Å². The molecule has 2 N–H and O–H groups in total. The van der Waals surface area contributed by atoms with Gasteiger partial charge >= 0.3 is 0 Å². The number of morpholine rings is 1. The van der Waals surface area contributed by atoms with Crippen molar-refractivity contribution in [2.75, 3.05) is 52.5 Å². The highest BCUT2D eigenvalue weighted by Crippen LogP contribution is 2.14. The molecule has 1 aromatic carbocycles. The fourth-order valence-corrected chi connectivity index (χ4v) is 2.74. The van der Waals surface area contributed by atoms with Crippen LogP contribution < -0.4 is 15.4 Å². The Morgan fingerprint density at radius 2 is 2.08 bits per heavy atom. The Labute approximate surface area is 158 Å². The zero-order valence-corrected chi connectivity index (χ0v) is 16.3. The number of guanidine groups is 1. The van der Waals surface area contributed by atoms with Gasteiger partial charge in [0.15, 0.2) is 5.96 Å². The van der Waals surface area contributed by atoms with Gasteiger partial charge in [-0.05, 0) is 31.0 Å². The van der Waals surface area contributed by atoms with Crippen molar-refractivity contribution in [3.05, 3.63) is 29.8 Å². The van der Waals surface area contributed by atoms with E-state index in [1.807, 2.05) is 12.1 Å². The Balaban J connectivity index is 1.80. The first-order valence-corrected chi connectivity index (χ1v) is 9.85. The van der Waals surface area contributed by atoms with Gasteiger partial charge in [-0.1, -0.05) is 25.5 Å². The molecule has 2 rings (SSSR count). The molecule has 0 bridgehead atoms. The van der Waals surface area contributed by atoms with E-state index in [9.17, 15) is 0 Å². The predicted octanol–water partition coefficient (Wildman–Crippen LogP) is 2.25. The summed E-state index contributed by atoms with van der Waals surface area (Å²) < 4.78 is 11.2. The predicted molar refractivity (Wildman–Crippen MR) is 107 cm³/mol. The first-order valence-electron chi connectivity index (χ1n) is 9.85. The summed E-state index contributed by atoms with van der Waals surface area (Å²) in [5, 5.41) is 6.73. The van der Waals surface area contributed by atoms with Gasteiger partial charge in [-0.3, -0.25) is 4.90 Å². The van der Waals surface area contributed by atoms with E-state index in [2.05, 4.69) is 41.5 Å². The minimum absolute atomic E-state index is 0.637. The Morgan fingerprint density at radius 3 is 2.85 bits per heavy atom. The van der Waals surface area contributed by atoms with Gasteiger partial charge in [0.1, 0.15) is 5.75 Å². The lowest BCUT2D eigenvalue weighted by Gasteiger charge is -2.26. The van der Waals surface area contributed by atoms with E-state index in [1.165, 1.54) is 0 Å². The number of benzene rings is 1. The first kappa shape index (κ1) is 20.5. The number of aliphatic imine (C=N–C) groups is 1. The lowest BCUT2D eigenvalue weighted by Crippen LogP contribution is -2.44. The molecule has 0 aromatic heterocycles. The Bertz CT molecular complexity index is 530. The van der Waals surface area contributed by atoms with Gasteiger partial charge < -0.3 is 20.1 Å². The van der Waals surface area contributed by atoms with Crippen LogP contribution in [0.4, 0.5) is 0 Å². The third kappa shape index (κ3) is 8.06. The second-order valence-corrected chi connectivity index (χ2v) is 6.43. The highest BCUT2D eigenvalue weighted by Gasteiger charge is 2.09. The molecule has 146 valence electrons. The highest BCUT2D eigenvalue weighted by atomic mass is 16.5. The SMILES string of the molecule is CCCCOc1cccc(CN=C(NCC)NCCN2CCOCC2)c1. The largest absolute Gasteiger partial charge is 0.494 e. The maximum absolute atomic E-state index is 5.78. The van der Waals surface area contributed by atoms with E-state index in [-0.39, 0.29) is 0 Å². The van der Waals surface area contributed by atoms with Gasteiger partial charge in [-0.15, -0.1) is 0 Å². The van der Waals surface area contributed by atoms with Gasteiger partial charge in [0, 0.05) is 32.7 Å². The quantitative estimate of drug-likeness (QED) is 0.380. The zero-order chi connectivity index (χ0) is 18.5. The zero-order valence-electron chi connectivity index (χ0n) is 16.3. The molecule has 0 radical (unpaired) electrons. The third-order valence-corrected chi connectivity index (χ3v) is 4.25. The molecular formula is C20H34N4O2. The lowest BCUT2D eigenvalue weighted by atomic mass is 10.2. The average Bonchev–Trinajstić information content (AvgIpc) is 2.67.